The number of aromatic nitrogens is 4. The van der Waals surface area contributed by atoms with Crippen LogP contribution in [0.3, 0.4) is 0 Å². The number of anilines is 3. The molecule has 2 bridgehead atoms. The van der Waals surface area contributed by atoms with E-state index in [-0.39, 0.29) is 17.8 Å². The Labute approximate surface area is 165 Å². The SMILES string of the molecule is Cc1ccc2c(NC(=O)N3c4nc(C(=O)O)ccc4N4CCC[C@H]3C4)n[nH]c2n1. The molecule has 1 atom stereocenters. The van der Waals surface area contributed by atoms with Crippen LogP contribution in [0.25, 0.3) is 11.0 Å². The number of hydrogen-bond acceptors (Lipinski definition) is 6. The van der Waals surface area contributed by atoms with Crippen molar-refractivity contribution in [2.75, 3.05) is 28.2 Å². The number of hydrogen-bond donors (Lipinski definition) is 3. The highest BCUT2D eigenvalue weighted by Gasteiger charge is 2.38. The summed E-state index contributed by atoms with van der Waals surface area (Å²) < 4.78 is 0. The lowest BCUT2D eigenvalue weighted by atomic mass is 10.00. The number of rotatable bonds is 2. The van der Waals surface area contributed by atoms with E-state index in [1.54, 1.807) is 11.0 Å². The lowest BCUT2D eigenvalue weighted by molar-refractivity contribution is 0.0690. The predicted molar refractivity (Wildman–Crippen MR) is 107 cm³/mol. The van der Waals surface area contributed by atoms with E-state index in [4.69, 9.17) is 0 Å². The van der Waals surface area contributed by atoms with Gasteiger partial charge in [0.15, 0.2) is 23.0 Å². The minimum absolute atomic E-state index is 0.0848. The van der Waals surface area contributed by atoms with Crippen LogP contribution in [-0.4, -0.2) is 56.4 Å². The average molecular weight is 393 g/mol. The lowest BCUT2D eigenvalue weighted by Gasteiger charge is -2.45. The van der Waals surface area contributed by atoms with Gasteiger partial charge in [-0.05, 0) is 44.0 Å². The summed E-state index contributed by atoms with van der Waals surface area (Å²) in [5.74, 6) is -0.377. The number of piperidine rings is 1. The van der Waals surface area contributed by atoms with E-state index in [0.29, 0.717) is 29.2 Å². The second-order valence-electron chi connectivity index (χ2n) is 7.31. The molecule has 10 nitrogen and oxygen atoms in total. The molecule has 0 aromatic carbocycles. The molecular formula is C19H19N7O3. The number of urea groups is 1. The molecule has 3 N–H and O–H groups in total. The maximum atomic E-state index is 13.3. The van der Waals surface area contributed by atoms with E-state index < -0.39 is 5.97 Å². The number of fused-ring (bicyclic) bond motifs is 5. The number of carbonyl (C=O) groups excluding carboxylic acids is 1. The summed E-state index contributed by atoms with van der Waals surface area (Å²) in [4.78, 5) is 37.1. The maximum absolute atomic E-state index is 13.3. The van der Waals surface area contributed by atoms with Gasteiger partial charge in [0, 0.05) is 18.8 Å². The number of aromatic amines is 1. The second-order valence-corrected chi connectivity index (χ2v) is 7.31. The monoisotopic (exact) mass is 393 g/mol. The highest BCUT2D eigenvalue weighted by atomic mass is 16.4. The number of carboxylic acids is 1. The van der Waals surface area contributed by atoms with Gasteiger partial charge in [-0.3, -0.25) is 15.3 Å². The number of nitrogens with one attached hydrogen (secondary N) is 2. The van der Waals surface area contributed by atoms with Crippen molar-refractivity contribution >= 4 is 40.4 Å². The Morgan fingerprint density at radius 3 is 2.93 bits per heavy atom. The summed E-state index contributed by atoms with van der Waals surface area (Å²) in [7, 11) is 0. The van der Waals surface area contributed by atoms with Crippen molar-refractivity contribution in [3.05, 3.63) is 35.7 Å². The average Bonchev–Trinajstić information content (AvgIpc) is 3.09. The fraction of sp³-hybridized carbons (Fsp3) is 0.316. The van der Waals surface area contributed by atoms with E-state index in [0.717, 1.165) is 30.8 Å². The van der Waals surface area contributed by atoms with Crippen LogP contribution in [-0.2, 0) is 0 Å². The minimum Gasteiger partial charge on any atom is -0.477 e. The first-order chi connectivity index (χ1) is 14.0. The van der Waals surface area contributed by atoms with Crippen LogP contribution in [0.5, 0.6) is 0 Å². The van der Waals surface area contributed by atoms with Gasteiger partial charge in [0.1, 0.15) is 0 Å². The van der Waals surface area contributed by atoms with Crippen LogP contribution in [0.4, 0.5) is 22.1 Å². The summed E-state index contributed by atoms with van der Waals surface area (Å²) in [5.41, 5.74) is 2.11. The van der Waals surface area contributed by atoms with Gasteiger partial charge in [-0.2, -0.15) is 5.10 Å². The van der Waals surface area contributed by atoms with Crippen LogP contribution in [0, 0.1) is 6.92 Å². The van der Waals surface area contributed by atoms with E-state index in [9.17, 15) is 14.7 Å². The fourth-order valence-electron chi connectivity index (χ4n) is 4.06. The molecule has 2 aliphatic rings. The number of carboxylic acid groups (broad SMARTS) is 1. The molecule has 148 valence electrons. The topological polar surface area (TPSA) is 127 Å². The van der Waals surface area contributed by atoms with Gasteiger partial charge in [-0.1, -0.05) is 0 Å². The van der Waals surface area contributed by atoms with Crippen molar-refractivity contribution in [2.45, 2.75) is 25.8 Å². The lowest BCUT2D eigenvalue weighted by Crippen LogP contribution is -2.56. The van der Waals surface area contributed by atoms with Gasteiger partial charge in [0.05, 0.1) is 17.1 Å². The smallest absolute Gasteiger partial charge is 0.354 e. The van der Waals surface area contributed by atoms with Gasteiger partial charge in [0.2, 0.25) is 0 Å². The zero-order valence-electron chi connectivity index (χ0n) is 15.7. The third kappa shape index (κ3) is 2.84. The number of nitrogens with zero attached hydrogens (tertiary/aromatic N) is 5. The molecule has 29 heavy (non-hydrogen) atoms. The third-order valence-electron chi connectivity index (χ3n) is 5.41. The molecule has 0 spiro atoms. The zero-order chi connectivity index (χ0) is 20.1. The number of pyridine rings is 2. The van der Waals surface area contributed by atoms with Crippen molar-refractivity contribution < 1.29 is 14.7 Å². The van der Waals surface area contributed by atoms with Crippen molar-refractivity contribution in [1.82, 2.24) is 20.2 Å². The van der Waals surface area contributed by atoms with Crippen LogP contribution >= 0.6 is 0 Å². The van der Waals surface area contributed by atoms with Crippen LogP contribution < -0.4 is 15.1 Å². The molecule has 2 amide bonds. The maximum Gasteiger partial charge on any atom is 0.354 e. The first-order valence-electron chi connectivity index (χ1n) is 9.42. The molecule has 0 aliphatic carbocycles. The summed E-state index contributed by atoms with van der Waals surface area (Å²) in [6.07, 6.45) is 1.77. The summed E-state index contributed by atoms with van der Waals surface area (Å²) in [6, 6.07) is 6.43. The molecule has 0 saturated carbocycles. The normalized spacial score (nSPS) is 17.9. The Morgan fingerprint density at radius 1 is 1.24 bits per heavy atom. The van der Waals surface area contributed by atoms with Crippen molar-refractivity contribution in [3.63, 3.8) is 0 Å². The van der Waals surface area contributed by atoms with E-state index in [2.05, 4.69) is 30.4 Å². The summed E-state index contributed by atoms with van der Waals surface area (Å²) in [6.45, 7) is 3.43. The Bertz CT molecular complexity index is 1140. The second kappa shape index (κ2) is 6.43. The summed E-state index contributed by atoms with van der Waals surface area (Å²) >= 11 is 0. The van der Waals surface area contributed by atoms with Crippen molar-refractivity contribution in [1.29, 1.82) is 0 Å². The minimum atomic E-state index is -1.13. The van der Waals surface area contributed by atoms with Gasteiger partial charge >= 0.3 is 12.0 Å². The fourth-order valence-corrected chi connectivity index (χ4v) is 4.06. The highest BCUT2D eigenvalue weighted by molar-refractivity contribution is 6.07. The Hall–Kier alpha value is -3.69. The standard InChI is InChI=1S/C19H19N7O3/c1-10-4-5-12-15(20-10)23-24-16(12)22-19(29)26-11-3-2-8-25(9-11)14-7-6-13(18(27)28)21-17(14)26/h4-7,11H,2-3,8-9H2,1H3,(H,27,28)(H2,20,22,23,24,29)/t11-/m0/s1. The van der Waals surface area contributed by atoms with Gasteiger partial charge < -0.3 is 10.0 Å². The van der Waals surface area contributed by atoms with Gasteiger partial charge in [0.25, 0.3) is 0 Å². The van der Waals surface area contributed by atoms with Crippen LogP contribution in [0.15, 0.2) is 24.3 Å². The molecule has 5 rings (SSSR count). The first kappa shape index (κ1) is 17.4. The third-order valence-corrected chi connectivity index (χ3v) is 5.41. The Balaban J connectivity index is 1.53. The molecule has 10 heteroatoms. The van der Waals surface area contributed by atoms with E-state index in [1.165, 1.54) is 6.07 Å². The number of carbonyl (C=O) groups is 2. The van der Waals surface area contributed by atoms with E-state index >= 15 is 0 Å². The number of amides is 2. The van der Waals surface area contributed by atoms with E-state index in [1.807, 2.05) is 19.1 Å². The largest absolute Gasteiger partial charge is 0.477 e. The molecule has 1 fully saturated rings. The highest BCUT2D eigenvalue weighted by Crippen LogP contribution is 2.38. The summed E-state index contributed by atoms with van der Waals surface area (Å²) in [5, 5.41) is 19.9. The quantitative estimate of drug-likeness (QED) is 0.610. The Morgan fingerprint density at radius 2 is 2.10 bits per heavy atom. The van der Waals surface area contributed by atoms with Crippen molar-refractivity contribution in [2.24, 2.45) is 0 Å². The molecular weight excluding hydrogens is 374 g/mol. The molecule has 0 unspecified atom stereocenters. The van der Waals surface area contributed by atoms with Crippen molar-refractivity contribution in [3.8, 4) is 0 Å². The zero-order valence-corrected chi connectivity index (χ0v) is 15.7. The molecule has 2 aliphatic heterocycles. The predicted octanol–water partition coefficient (Wildman–Crippen LogP) is 2.38. The molecule has 5 heterocycles. The molecule has 1 saturated heterocycles. The van der Waals surface area contributed by atoms with Gasteiger partial charge in [-0.15, -0.1) is 0 Å². The molecule has 0 radical (unpaired) electrons. The van der Waals surface area contributed by atoms with Crippen LogP contribution in [0.2, 0.25) is 0 Å². The van der Waals surface area contributed by atoms with Gasteiger partial charge in [-0.25, -0.2) is 19.6 Å². The molecule has 3 aromatic rings. The first-order valence-corrected chi connectivity index (χ1v) is 9.42. The molecule has 3 aromatic heterocycles. The number of H-pyrrole nitrogens is 1. The Kier molecular flexibility index (Phi) is 3.86. The van der Waals surface area contributed by atoms with Crippen LogP contribution in [0.1, 0.15) is 29.0 Å². The number of aromatic carboxylic acids is 1. The number of aryl methyl sites for hydroxylation is 1.